The lowest BCUT2D eigenvalue weighted by atomic mass is 9.93. The number of carbonyl (C=O) groups is 1. The Morgan fingerprint density at radius 1 is 1.15 bits per heavy atom. The van der Waals surface area contributed by atoms with E-state index in [1.165, 1.54) is 30.0 Å². The average molecular weight is 402 g/mol. The molecule has 0 atom stereocenters. The highest BCUT2D eigenvalue weighted by molar-refractivity contribution is 7.99. The number of amidine groups is 1. The van der Waals surface area contributed by atoms with Gasteiger partial charge in [0.25, 0.3) is 5.91 Å². The van der Waals surface area contributed by atoms with Crippen molar-refractivity contribution in [2.45, 2.75) is 45.7 Å². The Balaban J connectivity index is 2.79. The van der Waals surface area contributed by atoms with Gasteiger partial charge in [-0.2, -0.15) is 18.2 Å². The van der Waals surface area contributed by atoms with Crippen LogP contribution in [0.25, 0.3) is 0 Å². The third kappa shape index (κ3) is 7.28. The van der Waals surface area contributed by atoms with Gasteiger partial charge in [-0.05, 0) is 24.3 Å². The molecule has 0 bridgehead atoms. The fourth-order valence-electron chi connectivity index (χ4n) is 1.72. The predicted octanol–water partition coefficient (Wildman–Crippen LogP) is 5.20. The van der Waals surface area contributed by atoms with Crippen molar-refractivity contribution in [3.05, 3.63) is 41.7 Å². The van der Waals surface area contributed by atoms with E-state index >= 15 is 0 Å². The Labute approximate surface area is 161 Å². The van der Waals surface area contributed by atoms with Gasteiger partial charge in [0, 0.05) is 22.1 Å². The zero-order chi connectivity index (χ0) is 21.0. The summed E-state index contributed by atoms with van der Waals surface area (Å²) in [6.45, 7) is 8.72. The minimum absolute atomic E-state index is 0.00786. The zero-order valence-corrected chi connectivity index (χ0v) is 16.8. The number of hydrogen-bond donors (Lipinski definition) is 2. The van der Waals surface area contributed by atoms with Crippen LogP contribution in [0.4, 0.5) is 13.2 Å². The number of thioether (sulfide) groups is 1. The summed E-state index contributed by atoms with van der Waals surface area (Å²) in [4.78, 5) is 16.8. The van der Waals surface area contributed by atoms with Crippen molar-refractivity contribution < 1.29 is 23.1 Å². The van der Waals surface area contributed by atoms with E-state index in [0.717, 1.165) is 12.1 Å². The summed E-state index contributed by atoms with van der Waals surface area (Å²) < 4.78 is 37.8. The van der Waals surface area contributed by atoms with E-state index in [0.29, 0.717) is 10.6 Å². The van der Waals surface area contributed by atoms with Crippen LogP contribution in [-0.4, -0.2) is 22.6 Å². The van der Waals surface area contributed by atoms with E-state index in [4.69, 9.17) is 5.73 Å². The molecule has 0 aliphatic carbocycles. The number of aliphatic hydroxyl groups excluding tert-OH is 1. The van der Waals surface area contributed by atoms with Gasteiger partial charge >= 0.3 is 6.18 Å². The van der Waals surface area contributed by atoms with E-state index in [1.807, 2.05) is 0 Å². The SMILES string of the molecule is CC(C)(CSc1ccc(C(F)(F)F)cc1)C(=O)N=C(N)/C=C(\O)C(C)(C)C. The lowest BCUT2D eigenvalue weighted by Gasteiger charge is -2.20. The van der Waals surface area contributed by atoms with Gasteiger partial charge in [-0.15, -0.1) is 11.8 Å². The number of carbonyl (C=O) groups excluding carboxylic acids is 1. The van der Waals surface area contributed by atoms with Gasteiger partial charge in [-0.25, -0.2) is 0 Å². The fourth-order valence-corrected chi connectivity index (χ4v) is 2.70. The first-order chi connectivity index (χ1) is 12.1. The number of allylic oxidation sites excluding steroid dienone is 1. The number of hydrogen-bond acceptors (Lipinski definition) is 3. The predicted molar refractivity (Wildman–Crippen MR) is 103 cm³/mol. The number of amides is 1. The summed E-state index contributed by atoms with van der Waals surface area (Å²) in [5.41, 5.74) is 3.59. The molecule has 4 nitrogen and oxygen atoms in total. The molecule has 150 valence electrons. The van der Waals surface area contributed by atoms with Crippen LogP contribution >= 0.6 is 11.8 Å². The number of benzene rings is 1. The molecule has 1 aromatic rings. The van der Waals surface area contributed by atoms with Gasteiger partial charge in [0.15, 0.2) is 0 Å². The molecule has 8 heteroatoms. The molecule has 0 heterocycles. The van der Waals surface area contributed by atoms with Crippen LogP contribution in [-0.2, 0) is 11.0 Å². The van der Waals surface area contributed by atoms with Crippen LogP contribution in [0.3, 0.4) is 0 Å². The molecule has 0 fully saturated rings. The second kappa shape index (κ2) is 8.37. The van der Waals surface area contributed by atoms with Crippen molar-refractivity contribution in [2.24, 2.45) is 21.6 Å². The van der Waals surface area contributed by atoms with Crippen LogP contribution < -0.4 is 5.73 Å². The standard InChI is InChI=1S/C19H25F3N2O2S/c1-17(2,3)14(25)10-15(23)24-16(26)18(4,5)11-27-13-8-6-12(7-9-13)19(20,21)22/h6-10,25H,11H2,1-5H3,(H2,23,24,26)/b14-10-. The molecule has 1 rings (SSSR count). The fraction of sp³-hybridized carbons (Fsp3) is 0.474. The molecule has 0 aliphatic heterocycles. The summed E-state index contributed by atoms with van der Waals surface area (Å²) in [6.07, 6.45) is -3.13. The number of aliphatic imine (C=N–C) groups is 1. The molecule has 0 radical (unpaired) electrons. The highest BCUT2D eigenvalue weighted by Crippen LogP contribution is 2.33. The minimum Gasteiger partial charge on any atom is -0.512 e. The number of alkyl halides is 3. The van der Waals surface area contributed by atoms with E-state index in [9.17, 15) is 23.1 Å². The van der Waals surface area contributed by atoms with Crippen molar-refractivity contribution in [1.29, 1.82) is 0 Å². The van der Waals surface area contributed by atoms with Crippen LogP contribution in [0.15, 0.2) is 46.0 Å². The largest absolute Gasteiger partial charge is 0.512 e. The van der Waals surface area contributed by atoms with Gasteiger partial charge < -0.3 is 10.8 Å². The average Bonchev–Trinajstić information content (AvgIpc) is 2.51. The quantitative estimate of drug-likeness (QED) is 0.307. The summed E-state index contributed by atoms with van der Waals surface area (Å²) in [7, 11) is 0. The van der Waals surface area contributed by atoms with Gasteiger partial charge in [0.05, 0.1) is 11.0 Å². The molecule has 0 saturated heterocycles. The Morgan fingerprint density at radius 3 is 2.11 bits per heavy atom. The van der Waals surface area contributed by atoms with Crippen LogP contribution in [0.2, 0.25) is 0 Å². The molecule has 1 amide bonds. The number of nitrogens with two attached hydrogens (primary N) is 1. The molecule has 0 saturated carbocycles. The van der Waals surface area contributed by atoms with Crippen LogP contribution in [0.1, 0.15) is 40.2 Å². The minimum atomic E-state index is -4.38. The molecule has 0 unspecified atom stereocenters. The van der Waals surface area contributed by atoms with Crippen molar-refractivity contribution in [2.75, 3.05) is 5.75 Å². The molecule has 0 spiro atoms. The first-order valence-electron chi connectivity index (χ1n) is 8.23. The van der Waals surface area contributed by atoms with Crippen molar-refractivity contribution in [3.8, 4) is 0 Å². The number of nitrogens with zero attached hydrogens (tertiary/aromatic N) is 1. The maximum atomic E-state index is 12.6. The van der Waals surface area contributed by atoms with Crippen molar-refractivity contribution in [3.63, 3.8) is 0 Å². The van der Waals surface area contributed by atoms with Crippen molar-refractivity contribution in [1.82, 2.24) is 0 Å². The molecular formula is C19H25F3N2O2S. The Morgan fingerprint density at radius 2 is 1.67 bits per heavy atom. The van der Waals surface area contributed by atoms with E-state index in [-0.39, 0.29) is 11.6 Å². The summed E-state index contributed by atoms with van der Waals surface area (Å²) in [5.74, 6) is -0.256. The molecule has 3 N–H and O–H groups in total. The number of halogens is 3. The van der Waals surface area contributed by atoms with Gasteiger partial charge in [-0.3, -0.25) is 4.79 Å². The lowest BCUT2D eigenvalue weighted by molar-refractivity contribution is -0.137. The zero-order valence-electron chi connectivity index (χ0n) is 16.0. The highest BCUT2D eigenvalue weighted by Gasteiger charge is 2.31. The first kappa shape index (κ1) is 23.1. The highest BCUT2D eigenvalue weighted by atomic mass is 32.2. The molecular weight excluding hydrogens is 377 g/mol. The Kier molecular flexibility index (Phi) is 7.16. The van der Waals surface area contributed by atoms with Crippen LogP contribution in [0.5, 0.6) is 0 Å². The monoisotopic (exact) mass is 402 g/mol. The van der Waals surface area contributed by atoms with Gasteiger partial charge in [0.1, 0.15) is 11.6 Å². The maximum Gasteiger partial charge on any atom is 0.416 e. The van der Waals surface area contributed by atoms with E-state index in [2.05, 4.69) is 4.99 Å². The number of rotatable bonds is 5. The molecule has 1 aromatic carbocycles. The molecule has 0 aromatic heterocycles. The van der Waals surface area contributed by atoms with Crippen molar-refractivity contribution >= 4 is 23.5 Å². The first-order valence-corrected chi connectivity index (χ1v) is 9.21. The summed E-state index contributed by atoms with van der Waals surface area (Å²) >= 11 is 1.26. The third-order valence-corrected chi connectivity index (χ3v) is 5.12. The smallest absolute Gasteiger partial charge is 0.416 e. The topological polar surface area (TPSA) is 75.7 Å². The lowest BCUT2D eigenvalue weighted by Crippen LogP contribution is -2.28. The molecule has 0 aliphatic rings. The van der Waals surface area contributed by atoms with Crippen LogP contribution in [0, 0.1) is 10.8 Å². The third-order valence-electron chi connectivity index (χ3n) is 3.64. The van der Waals surface area contributed by atoms with Gasteiger partial charge in [0.2, 0.25) is 0 Å². The number of aliphatic hydroxyl groups is 1. The second-order valence-corrected chi connectivity index (χ2v) is 8.86. The Hall–Kier alpha value is -1.96. The molecule has 27 heavy (non-hydrogen) atoms. The van der Waals surface area contributed by atoms with E-state index in [1.54, 1.807) is 34.6 Å². The normalized spacial score (nSPS) is 14.4. The summed E-state index contributed by atoms with van der Waals surface area (Å²) in [5, 5.41) is 9.91. The maximum absolute atomic E-state index is 12.6. The van der Waals surface area contributed by atoms with Gasteiger partial charge in [-0.1, -0.05) is 34.6 Å². The summed E-state index contributed by atoms with van der Waals surface area (Å²) in [6, 6.07) is 4.76. The second-order valence-electron chi connectivity index (χ2n) is 7.82. The van der Waals surface area contributed by atoms with E-state index < -0.39 is 28.5 Å². The Bertz CT molecular complexity index is 731.